The van der Waals surface area contributed by atoms with E-state index in [0.29, 0.717) is 24.5 Å². The molecule has 0 radical (unpaired) electrons. The number of nitrogens with one attached hydrogen (secondary N) is 1. The van der Waals surface area contributed by atoms with Crippen LogP contribution in [0.15, 0.2) is 18.3 Å². The first kappa shape index (κ1) is 18.1. The highest BCUT2D eigenvalue weighted by atomic mass is 35.5. The summed E-state index contributed by atoms with van der Waals surface area (Å²) in [5, 5.41) is 6.26. The number of ether oxygens (including phenoxy) is 1. The van der Waals surface area contributed by atoms with Crippen LogP contribution < -0.4 is 10.1 Å². The summed E-state index contributed by atoms with van der Waals surface area (Å²) in [4.78, 5) is 15.4. The number of carbonyl (C=O) groups is 1. The molecule has 24 heavy (non-hydrogen) atoms. The summed E-state index contributed by atoms with van der Waals surface area (Å²) < 4.78 is 44.1. The number of nitrogens with zero attached hydrogens (tertiary/aromatic N) is 3. The zero-order valence-corrected chi connectivity index (χ0v) is 13.6. The Kier molecular flexibility index (Phi) is 5.33. The van der Waals surface area contributed by atoms with E-state index in [1.54, 1.807) is 6.92 Å². The Balaban J connectivity index is 2.19. The van der Waals surface area contributed by atoms with Gasteiger partial charge >= 0.3 is 12.2 Å². The number of hydrogen-bond acceptors (Lipinski definition) is 4. The molecule has 0 fully saturated rings. The van der Waals surface area contributed by atoms with E-state index in [1.165, 1.54) is 6.07 Å². The van der Waals surface area contributed by atoms with E-state index < -0.39 is 17.8 Å². The molecule has 0 aliphatic carbocycles. The quantitative estimate of drug-likeness (QED) is 0.892. The monoisotopic (exact) mass is 362 g/mol. The van der Waals surface area contributed by atoms with Crippen LogP contribution in [-0.4, -0.2) is 27.3 Å². The molecule has 1 amide bonds. The maximum atomic E-state index is 12.6. The van der Waals surface area contributed by atoms with Gasteiger partial charge < -0.3 is 10.1 Å². The molecular formula is C14H14ClF3N4O2. The standard InChI is InChI=1S/C14H14ClF3N4O2/c1-3-4-19-13(23)22-8(2)5-11(21-22)24-12-10(15)6-9(7-20-12)14(16,17)18/h5-7H,3-4H2,1-2H3,(H,19,23). The number of halogens is 4. The maximum Gasteiger partial charge on any atom is 0.417 e. The van der Waals surface area contributed by atoms with Crippen molar-refractivity contribution in [1.29, 1.82) is 0 Å². The summed E-state index contributed by atoms with van der Waals surface area (Å²) in [5.41, 5.74) is -0.498. The van der Waals surface area contributed by atoms with Crippen LogP contribution in [0, 0.1) is 6.92 Å². The molecule has 0 atom stereocenters. The van der Waals surface area contributed by atoms with Crippen LogP contribution in [0.2, 0.25) is 5.02 Å². The summed E-state index contributed by atoms with van der Waals surface area (Å²) in [5.74, 6) is -0.239. The number of aryl methyl sites for hydroxylation is 1. The second kappa shape index (κ2) is 7.08. The highest BCUT2D eigenvalue weighted by Crippen LogP contribution is 2.34. The van der Waals surface area contributed by atoms with E-state index in [1.807, 2.05) is 6.92 Å². The van der Waals surface area contributed by atoms with Crippen LogP contribution >= 0.6 is 11.6 Å². The molecule has 2 aromatic heterocycles. The van der Waals surface area contributed by atoms with Crippen molar-refractivity contribution in [2.45, 2.75) is 26.4 Å². The topological polar surface area (TPSA) is 69.0 Å². The van der Waals surface area contributed by atoms with E-state index in [4.69, 9.17) is 16.3 Å². The molecule has 0 saturated carbocycles. The van der Waals surface area contributed by atoms with Crippen molar-refractivity contribution in [1.82, 2.24) is 20.1 Å². The van der Waals surface area contributed by atoms with Gasteiger partial charge in [-0.25, -0.2) is 9.78 Å². The number of rotatable bonds is 4. The summed E-state index contributed by atoms with van der Waals surface area (Å²) in [6.07, 6.45) is -3.18. The zero-order chi connectivity index (χ0) is 17.9. The molecule has 2 heterocycles. The van der Waals surface area contributed by atoms with Gasteiger partial charge in [-0.2, -0.15) is 17.9 Å². The van der Waals surface area contributed by atoms with Crippen LogP contribution in [0.1, 0.15) is 24.6 Å². The second-order valence-corrected chi connectivity index (χ2v) is 5.29. The van der Waals surface area contributed by atoms with Gasteiger partial charge in [-0.1, -0.05) is 18.5 Å². The molecule has 2 rings (SSSR count). The minimum Gasteiger partial charge on any atom is -0.417 e. The number of hydrogen-bond donors (Lipinski definition) is 1. The Hall–Kier alpha value is -2.29. The van der Waals surface area contributed by atoms with Crippen LogP contribution in [0.25, 0.3) is 0 Å². The molecule has 0 bridgehead atoms. The zero-order valence-electron chi connectivity index (χ0n) is 12.8. The minimum atomic E-state index is -4.55. The van der Waals surface area contributed by atoms with E-state index in [2.05, 4.69) is 15.4 Å². The summed E-state index contributed by atoms with van der Waals surface area (Å²) in [7, 11) is 0. The lowest BCUT2D eigenvalue weighted by Gasteiger charge is -2.08. The second-order valence-electron chi connectivity index (χ2n) is 4.88. The molecule has 130 valence electrons. The number of aromatic nitrogens is 3. The van der Waals surface area contributed by atoms with Crippen molar-refractivity contribution in [2.75, 3.05) is 6.54 Å². The first-order chi connectivity index (χ1) is 11.2. The predicted octanol–water partition coefficient (Wildman–Crippen LogP) is 4.02. The lowest BCUT2D eigenvalue weighted by molar-refractivity contribution is -0.137. The van der Waals surface area contributed by atoms with Gasteiger partial charge in [0.25, 0.3) is 0 Å². The van der Waals surface area contributed by atoms with Crippen LogP contribution in [-0.2, 0) is 6.18 Å². The fourth-order valence-electron chi connectivity index (χ4n) is 1.76. The molecule has 0 unspecified atom stereocenters. The highest BCUT2D eigenvalue weighted by molar-refractivity contribution is 6.31. The SMILES string of the molecule is CCCNC(=O)n1nc(Oc2ncc(C(F)(F)F)cc2Cl)cc1C. The van der Waals surface area contributed by atoms with E-state index in [0.717, 1.165) is 11.1 Å². The molecule has 0 spiro atoms. The number of alkyl halides is 3. The summed E-state index contributed by atoms with van der Waals surface area (Å²) in [6, 6.07) is 1.72. The van der Waals surface area contributed by atoms with Gasteiger partial charge in [0.2, 0.25) is 11.8 Å². The van der Waals surface area contributed by atoms with Gasteiger partial charge in [-0.15, -0.1) is 5.10 Å². The maximum absolute atomic E-state index is 12.6. The third-order valence-electron chi connectivity index (χ3n) is 2.92. The van der Waals surface area contributed by atoms with Crippen LogP contribution in [0.4, 0.5) is 18.0 Å². The molecule has 2 aromatic rings. The predicted molar refractivity (Wildman–Crippen MR) is 80.4 cm³/mol. The van der Waals surface area contributed by atoms with Gasteiger partial charge in [-0.05, 0) is 19.4 Å². The van der Waals surface area contributed by atoms with Crippen molar-refractivity contribution in [3.05, 3.63) is 34.6 Å². The number of carbonyl (C=O) groups excluding carboxylic acids is 1. The van der Waals surface area contributed by atoms with E-state index >= 15 is 0 Å². The lowest BCUT2D eigenvalue weighted by Crippen LogP contribution is -2.30. The minimum absolute atomic E-state index is 0.00620. The van der Waals surface area contributed by atoms with Crippen molar-refractivity contribution in [3.8, 4) is 11.8 Å². The molecule has 0 saturated heterocycles. The Morgan fingerprint density at radius 1 is 1.42 bits per heavy atom. The molecule has 1 N–H and O–H groups in total. The average Bonchev–Trinajstić information content (AvgIpc) is 2.86. The molecule has 6 nitrogen and oxygen atoms in total. The highest BCUT2D eigenvalue weighted by Gasteiger charge is 2.32. The fraction of sp³-hybridized carbons (Fsp3) is 0.357. The first-order valence-corrected chi connectivity index (χ1v) is 7.35. The first-order valence-electron chi connectivity index (χ1n) is 6.97. The number of pyridine rings is 1. The summed E-state index contributed by atoms with van der Waals surface area (Å²) >= 11 is 5.76. The molecule has 10 heteroatoms. The molecule has 0 aliphatic rings. The Bertz CT molecular complexity index is 746. The number of amides is 1. The van der Waals surface area contributed by atoms with Crippen molar-refractivity contribution in [2.24, 2.45) is 0 Å². The Morgan fingerprint density at radius 3 is 2.71 bits per heavy atom. The van der Waals surface area contributed by atoms with Crippen LogP contribution in [0.5, 0.6) is 11.8 Å². The summed E-state index contributed by atoms with van der Waals surface area (Å²) in [6.45, 7) is 4.02. The van der Waals surface area contributed by atoms with Crippen LogP contribution in [0.3, 0.4) is 0 Å². The van der Waals surface area contributed by atoms with Crippen molar-refractivity contribution < 1.29 is 22.7 Å². The average molecular weight is 363 g/mol. The van der Waals surface area contributed by atoms with Gasteiger partial charge in [0.15, 0.2) is 0 Å². The van der Waals surface area contributed by atoms with E-state index in [-0.39, 0.29) is 16.8 Å². The van der Waals surface area contributed by atoms with Crippen molar-refractivity contribution in [3.63, 3.8) is 0 Å². The smallest absolute Gasteiger partial charge is 0.417 e. The normalized spacial score (nSPS) is 11.4. The third kappa shape index (κ3) is 4.16. The van der Waals surface area contributed by atoms with Gasteiger partial charge in [0.1, 0.15) is 5.02 Å². The van der Waals surface area contributed by atoms with Gasteiger partial charge in [0.05, 0.1) is 11.3 Å². The molecular weight excluding hydrogens is 349 g/mol. The Morgan fingerprint density at radius 2 is 2.12 bits per heavy atom. The van der Waals surface area contributed by atoms with E-state index in [9.17, 15) is 18.0 Å². The molecule has 0 aliphatic heterocycles. The fourth-order valence-corrected chi connectivity index (χ4v) is 1.97. The third-order valence-corrected chi connectivity index (χ3v) is 3.19. The van der Waals surface area contributed by atoms with Crippen molar-refractivity contribution >= 4 is 17.6 Å². The molecule has 0 aromatic carbocycles. The van der Waals surface area contributed by atoms with Gasteiger partial charge in [-0.3, -0.25) is 0 Å². The van der Waals surface area contributed by atoms with Gasteiger partial charge in [0, 0.05) is 18.8 Å². The lowest BCUT2D eigenvalue weighted by atomic mass is 10.3. The Labute approximate surface area is 140 Å². The largest absolute Gasteiger partial charge is 0.417 e.